The van der Waals surface area contributed by atoms with Gasteiger partial charge in [-0.3, -0.25) is 0 Å². The summed E-state index contributed by atoms with van der Waals surface area (Å²) in [5, 5.41) is 0. The molecular formula is C142H224N4Si4. The summed E-state index contributed by atoms with van der Waals surface area (Å²) in [6.07, 6.45) is 86.7. The predicted molar refractivity (Wildman–Crippen MR) is 667 cm³/mol. The fourth-order valence-corrected chi connectivity index (χ4v) is 62.4. The highest BCUT2D eigenvalue weighted by Crippen LogP contribution is 2.69. The van der Waals surface area contributed by atoms with E-state index in [1.54, 1.807) is 66.8 Å². The highest BCUT2D eigenvalue weighted by molar-refractivity contribution is 6.78. The summed E-state index contributed by atoms with van der Waals surface area (Å²) in [4.78, 5) is 0. The molecule has 8 fully saturated rings. The molecule has 0 amide bonds. The number of unbranched alkanes of at least 4 members (excludes halogenated alkanes) is 12. The molecule has 0 N–H and O–H groups in total. The molecule has 4 aromatic rings. The number of rotatable bonds is 32. The fraction of sp³-hybridized carbons (Fsp3) is 0.718. The lowest BCUT2D eigenvalue weighted by atomic mass is 9.68. The van der Waals surface area contributed by atoms with E-state index in [0.717, 1.165) is 81.8 Å². The second-order valence-corrected chi connectivity index (χ2v) is 78.2. The SMILES string of the molecule is CC1(C)C2=CC3C(C=C2c2ccccc21)CCC3[Si](C)(C)N(C1CCCCC1)C(C)(C)C.CC1CC2C=C3C(=CC2C1[Si](C)(C)N(C1CCCCC1)C(C)(C)C)C(C)(C)c1ccccc13.CCCCCCC1(CCCCCC)C2=CC3C(C=C2c2ccccc21)CC(C)C3[Si](C)(C)N(C1CCCCC1)C(C)(C)C.CCCCCCC1(CCCCCC)C2=CC3C(C=C2c2ccccc21)CCC3[Si](C)(C)N(C1CCCCC1)C(C)(C)C. The van der Waals surface area contributed by atoms with Crippen molar-refractivity contribution in [1.82, 2.24) is 18.3 Å². The number of benzene rings is 4. The van der Waals surface area contributed by atoms with Crippen LogP contribution in [-0.2, 0) is 21.7 Å². The molecule has 4 aromatic carbocycles. The Labute approximate surface area is 928 Å². The quantitative estimate of drug-likeness (QED) is 0.0357. The van der Waals surface area contributed by atoms with Crippen LogP contribution >= 0.6 is 0 Å². The zero-order valence-corrected chi connectivity index (χ0v) is 107. The molecule has 0 heterocycles. The normalized spacial score (nSPS) is 28.3. The monoisotopic (exact) mass is 2100 g/mol. The Morgan fingerprint density at radius 2 is 0.500 bits per heavy atom. The van der Waals surface area contributed by atoms with Crippen molar-refractivity contribution < 1.29 is 0 Å². The third-order valence-corrected chi connectivity index (χ3v) is 63.3. The lowest BCUT2D eigenvalue weighted by Crippen LogP contribution is -2.65. The molecular weight excluding hydrogens is 1870 g/mol. The molecule has 20 rings (SSSR count). The molecule has 8 saturated carbocycles. The average Bonchev–Trinajstić information content (AvgIpc) is 1.55. The molecule has 0 bridgehead atoms. The van der Waals surface area contributed by atoms with Gasteiger partial charge in [-0.25, -0.2) is 0 Å². The molecule has 828 valence electrons. The summed E-state index contributed by atoms with van der Waals surface area (Å²) in [6, 6.07) is 40.9. The van der Waals surface area contributed by atoms with Gasteiger partial charge < -0.3 is 18.3 Å². The standard InChI is InChI=1S/C41H67NSi.C40H65NSi.C31H47NSi.C30H45NSi/c1-9-11-13-20-26-41(27-21-14-12-10-2)37-25-19-18-24-34(37)36-29-32-28-31(3)39(35(32)30-38(36)41)43(7,8)42(40(4,5)6)33-22-16-15-17-23-33;1-8-10-12-19-27-40(28-20-13-11-9-2)36-24-18-17-23-33(36)35-29-31-25-26-38(34(31)30-37(35)40)42(6,7)41(39(3,4)5)32-21-15-14-16-22-32;1-21-18-22-19-26-24-16-12-13-17-27(24)31(5,6)28(26)20-25(22)29(21)33(7,8)32(30(2,3)4)23-14-10-9-11-15-23;1-29(2,3)31(22-13-9-8-10-14-22)32(6,7)28-18-17-21-19-25-23-15-11-12-16-26(23)30(4,5)27(25)20-24(21)28/h18-19,24-25,29-33,35,39H,9-17,20-23,26-28H2,1-8H3;17-18,23-24,29-32,34,38H,8-16,19-22,25-28H2,1-7H3;12-13,16-17,19-23,25,29H,9-11,14-15,18H2,1-8H3;11-12,15-16,19-22,24,28H,8-10,13-14,17-18H2,1-7H3. The second kappa shape index (κ2) is 47.0. The van der Waals surface area contributed by atoms with Gasteiger partial charge in [0.25, 0.3) is 0 Å². The lowest BCUT2D eigenvalue weighted by molar-refractivity contribution is 0.138. The Kier molecular flexibility index (Phi) is 36.5. The third kappa shape index (κ3) is 22.8. The van der Waals surface area contributed by atoms with Gasteiger partial charge in [0.15, 0.2) is 0 Å². The summed E-state index contributed by atoms with van der Waals surface area (Å²) in [6.45, 7) is 76.8. The Bertz CT molecular complexity index is 5450. The highest BCUT2D eigenvalue weighted by atomic mass is 28.3. The Balaban J connectivity index is 0.000000137. The summed E-state index contributed by atoms with van der Waals surface area (Å²) in [5.41, 5.74) is 30.9. The van der Waals surface area contributed by atoms with Crippen molar-refractivity contribution >= 4 is 55.2 Å². The van der Waals surface area contributed by atoms with Crippen LogP contribution in [-0.4, -0.2) is 97.5 Å². The van der Waals surface area contributed by atoms with E-state index in [2.05, 4.69) is 369 Å². The molecule has 0 aromatic heterocycles. The Hall–Kier alpha value is -4.49. The van der Waals surface area contributed by atoms with Crippen LogP contribution in [0.5, 0.6) is 0 Å². The van der Waals surface area contributed by atoms with Gasteiger partial charge in [0.1, 0.15) is 32.9 Å². The maximum atomic E-state index is 3.17. The van der Waals surface area contributed by atoms with Crippen LogP contribution in [0.25, 0.3) is 22.3 Å². The molecule has 16 aliphatic carbocycles. The van der Waals surface area contributed by atoms with Crippen LogP contribution in [0.1, 0.15) is 492 Å². The van der Waals surface area contributed by atoms with Gasteiger partial charge in [0, 0.05) is 68.0 Å². The van der Waals surface area contributed by atoms with Gasteiger partial charge in [-0.15, -0.1) is 0 Å². The minimum atomic E-state index is -1.78. The summed E-state index contributed by atoms with van der Waals surface area (Å²) in [7, 11) is -6.84. The van der Waals surface area contributed by atoms with Crippen LogP contribution in [0.15, 0.2) is 168 Å². The number of hydrogen-bond acceptors (Lipinski definition) is 4. The minimum absolute atomic E-state index is 0.128. The van der Waals surface area contributed by atoms with Gasteiger partial charge in [-0.05, 0) is 356 Å². The second-order valence-electron chi connectivity index (χ2n) is 60.2. The first-order valence-corrected chi connectivity index (χ1v) is 76.6. The first-order chi connectivity index (χ1) is 71.2. The summed E-state index contributed by atoms with van der Waals surface area (Å²) < 4.78 is 12.6. The molecule has 8 heteroatoms. The van der Waals surface area contributed by atoms with Crippen LogP contribution in [0.4, 0.5) is 0 Å². The fourth-order valence-electron chi connectivity index (χ4n) is 39.4. The van der Waals surface area contributed by atoms with Crippen molar-refractivity contribution in [2.24, 2.45) is 59.2 Å². The van der Waals surface area contributed by atoms with E-state index in [1.165, 1.54) is 318 Å². The predicted octanol–water partition coefficient (Wildman–Crippen LogP) is 41.6. The third-order valence-electron chi connectivity index (χ3n) is 44.0. The van der Waals surface area contributed by atoms with Gasteiger partial charge in [-0.2, -0.15) is 0 Å². The van der Waals surface area contributed by atoms with Crippen LogP contribution in [0.3, 0.4) is 0 Å². The molecule has 4 nitrogen and oxygen atoms in total. The van der Waals surface area contributed by atoms with Crippen LogP contribution < -0.4 is 0 Å². The molecule has 150 heavy (non-hydrogen) atoms. The zero-order valence-electron chi connectivity index (χ0n) is 103. The van der Waals surface area contributed by atoms with E-state index < -0.39 is 32.9 Å². The molecule has 0 saturated heterocycles. The van der Waals surface area contributed by atoms with E-state index in [4.69, 9.17) is 0 Å². The van der Waals surface area contributed by atoms with Crippen molar-refractivity contribution in [3.8, 4) is 0 Å². The van der Waals surface area contributed by atoms with Gasteiger partial charge >= 0.3 is 0 Å². The van der Waals surface area contributed by atoms with Gasteiger partial charge in [0.05, 0.1) is 0 Å². The van der Waals surface area contributed by atoms with E-state index in [0.29, 0.717) is 23.7 Å². The van der Waals surface area contributed by atoms with Crippen LogP contribution in [0.2, 0.25) is 74.5 Å². The molecule has 0 radical (unpaired) electrons. The average molecular weight is 2100 g/mol. The number of allylic oxidation sites excluding steroid dienone is 16. The molecule has 14 unspecified atom stereocenters. The largest absolute Gasteiger partial charge is 0.316 e. The van der Waals surface area contributed by atoms with Crippen molar-refractivity contribution in [2.75, 3.05) is 0 Å². The minimum Gasteiger partial charge on any atom is -0.316 e. The van der Waals surface area contributed by atoms with E-state index >= 15 is 0 Å². The van der Waals surface area contributed by atoms with E-state index in [-0.39, 0.29) is 43.8 Å². The van der Waals surface area contributed by atoms with Crippen molar-refractivity contribution in [3.05, 3.63) is 212 Å². The number of hydrogen-bond donors (Lipinski definition) is 0. The van der Waals surface area contributed by atoms with Crippen molar-refractivity contribution in [2.45, 2.75) is 590 Å². The maximum absolute atomic E-state index is 3.17. The number of nitrogens with zero attached hydrogens (tertiary/aromatic N) is 4. The van der Waals surface area contributed by atoms with Crippen molar-refractivity contribution in [3.63, 3.8) is 0 Å². The topological polar surface area (TPSA) is 13.0 Å². The van der Waals surface area contributed by atoms with E-state index in [1.807, 2.05) is 0 Å². The Morgan fingerprint density at radius 1 is 0.260 bits per heavy atom. The molecule has 16 aliphatic rings. The first-order valence-electron chi connectivity index (χ1n) is 64.5. The molecule has 14 atom stereocenters. The highest BCUT2D eigenvalue weighted by Gasteiger charge is 2.63. The maximum Gasteiger partial charge on any atom is 0.127 e. The van der Waals surface area contributed by atoms with Gasteiger partial charge in [0.2, 0.25) is 0 Å². The molecule has 0 aliphatic heterocycles. The Morgan fingerprint density at radius 3 is 0.787 bits per heavy atom. The summed E-state index contributed by atoms with van der Waals surface area (Å²) >= 11 is 0. The lowest BCUT2D eigenvalue weighted by Gasteiger charge is -2.56. The first kappa shape index (κ1) is 116. The van der Waals surface area contributed by atoms with Gasteiger partial charge in [-0.1, -0.05) is 460 Å². The van der Waals surface area contributed by atoms with Crippen molar-refractivity contribution in [1.29, 1.82) is 0 Å². The molecule has 0 spiro atoms. The van der Waals surface area contributed by atoms with E-state index in [9.17, 15) is 0 Å². The smallest absolute Gasteiger partial charge is 0.127 e. The number of fused-ring (bicyclic) bond motifs is 16. The summed E-state index contributed by atoms with van der Waals surface area (Å²) in [5.74, 6) is 7.40. The zero-order chi connectivity index (χ0) is 107. The van der Waals surface area contributed by atoms with Crippen LogP contribution in [0, 0.1) is 59.2 Å².